The van der Waals surface area contributed by atoms with Crippen molar-refractivity contribution in [3.05, 3.63) is 25.3 Å². The summed E-state index contributed by atoms with van der Waals surface area (Å²) in [6.45, 7) is 10.4. The number of carbonyl (C=O) groups excluding carboxylic acids is 2. The molecule has 0 aliphatic heterocycles. The minimum atomic E-state index is -0.160. The second kappa shape index (κ2) is 14.7. The third-order valence-electron chi connectivity index (χ3n) is 2.48. The molecule has 0 aromatic carbocycles. The summed E-state index contributed by atoms with van der Waals surface area (Å²) in [5.41, 5.74) is 0. The van der Waals surface area contributed by atoms with E-state index in [9.17, 15) is 9.59 Å². The normalized spacial score (nSPS) is 9.90. The SMILES string of the molecule is C=CC(=O)NCCCOCCCOCCCNC(=O)C=C. The zero-order chi connectivity index (χ0) is 15.8. The minimum absolute atomic E-state index is 0.160. The lowest BCUT2D eigenvalue weighted by atomic mass is 10.4. The van der Waals surface area contributed by atoms with Crippen molar-refractivity contribution in [3.63, 3.8) is 0 Å². The molecule has 0 unspecified atom stereocenters. The van der Waals surface area contributed by atoms with Crippen molar-refractivity contribution < 1.29 is 19.1 Å². The number of rotatable bonds is 14. The van der Waals surface area contributed by atoms with Gasteiger partial charge in [0.05, 0.1) is 0 Å². The van der Waals surface area contributed by atoms with Crippen LogP contribution in [-0.2, 0) is 19.1 Å². The van der Waals surface area contributed by atoms with Gasteiger partial charge in [0.15, 0.2) is 0 Å². The molecule has 0 atom stereocenters. The predicted molar refractivity (Wildman–Crippen MR) is 81.9 cm³/mol. The highest BCUT2D eigenvalue weighted by Crippen LogP contribution is 1.89. The third kappa shape index (κ3) is 14.6. The highest BCUT2D eigenvalue weighted by atomic mass is 16.5. The lowest BCUT2D eigenvalue weighted by Gasteiger charge is -2.06. The molecule has 0 heterocycles. The first-order valence-corrected chi connectivity index (χ1v) is 7.16. The van der Waals surface area contributed by atoms with Crippen LogP contribution in [0.15, 0.2) is 25.3 Å². The van der Waals surface area contributed by atoms with Crippen LogP contribution in [0.3, 0.4) is 0 Å². The fourth-order valence-electron chi connectivity index (χ4n) is 1.38. The number of nitrogens with one attached hydrogen (secondary N) is 2. The largest absolute Gasteiger partial charge is 0.381 e. The molecule has 0 aromatic heterocycles. The summed E-state index contributed by atoms with van der Waals surface area (Å²) in [4.78, 5) is 21.7. The van der Waals surface area contributed by atoms with Gasteiger partial charge in [-0.2, -0.15) is 0 Å². The maximum absolute atomic E-state index is 10.8. The Labute approximate surface area is 126 Å². The monoisotopic (exact) mass is 298 g/mol. The number of ether oxygens (including phenoxy) is 2. The van der Waals surface area contributed by atoms with Crippen LogP contribution in [0, 0.1) is 0 Å². The Kier molecular flexibility index (Phi) is 13.6. The summed E-state index contributed by atoms with van der Waals surface area (Å²) in [5.74, 6) is -0.319. The van der Waals surface area contributed by atoms with Crippen LogP contribution in [0.2, 0.25) is 0 Å². The molecule has 120 valence electrons. The lowest BCUT2D eigenvalue weighted by molar-refractivity contribution is -0.117. The Morgan fingerprint density at radius 1 is 0.762 bits per heavy atom. The first-order valence-electron chi connectivity index (χ1n) is 7.16. The van der Waals surface area contributed by atoms with Gasteiger partial charge in [-0.3, -0.25) is 9.59 Å². The van der Waals surface area contributed by atoms with Crippen molar-refractivity contribution in [2.75, 3.05) is 39.5 Å². The van der Waals surface area contributed by atoms with Gasteiger partial charge in [0, 0.05) is 39.5 Å². The molecule has 0 saturated heterocycles. The molecule has 0 saturated carbocycles. The van der Waals surface area contributed by atoms with Gasteiger partial charge < -0.3 is 20.1 Å². The molecule has 0 aliphatic carbocycles. The van der Waals surface area contributed by atoms with Crippen LogP contribution >= 0.6 is 0 Å². The molecule has 6 heteroatoms. The van der Waals surface area contributed by atoms with Gasteiger partial charge >= 0.3 is 0 Å². The average Bonchev–Trinajstić information content (AvgIpc) is 2.51. The average molecular weight is 298 g/mol. The van der Waals surface area contributed by atoms with Crippen LogP contribution in [0.25, 0.3) is 0 Å². The molecule has 0 spiro atoms. The number of hydrogen-bond acceptors (Lipinski definition) is 4. The third-order valence-corrected chi connectivity index (χ3v) is 2.48. The van der Waals surface area contributed by atoms with E-state index in [2.05, 4.69) is 23.8 Å². The van der Waals surface area contributed by atoms with Crippen LogP contribution in [-0.4, -0.2) is 51.3 Å². The zero-order valence-corrected chi connectivity index (χ0v) is 12.6. The van der Waals surface area contributed by atoms with Crippen molar-refractivity contribution in [1.29, 1.82) is 0 Å². The maximum Gasteiger partial charge on any atom is 0.243 e. The fourth-order valence-corrected chi connectivity index (χ4v) is 1.38. The van der Waals surface area contributed by atoms with Gasteiger partial charge in [-0.1, -0.05) is 13.2 Å². The molecule has 0 bridgehead atoms. The second-order valence-electron chi connectivity index (χ2n) is 4.28. The van der Waals surface area contributed by atoms with Gasteiger partial charge in [0.2, 0.25) is 11.8 Å². The molecule has 6 nitrogen and oxygen atoms in total. The van der Waals surface area contributed by atoms with E-state index in [1.807, 2.05) is 0 Å². The Morgan fingerprint density at radius 3 is 1.52 bits per heavy atom. The molecule has 2 amide bonds. The van der Waals surface area contributed by atoms with E-state index in [1.54, 1.807) is 0 Å². The maximum atomic E-state index is 10.8. The second-order valence-corrected chi connectivity index (χ2v) is 4.28. The van der Waals surface area contributed by atoms with E-state index in [1.165, 1.54) is 12.2 Å². The summed E-state index contributed by atoms with van der Waals surface area (Å²) in [7, 11) is 0. The number of hydrogen-bond donors (Lipinski definition) is 2. The molecule has 0 aromatic rings. The molecule has 0 fully saturated rings. The van der Waals surface area contributed by atoms with Gasteiger partial charge in [-0.05, 0) is 31.4 Å². The Hall–Kier alpha value is -1.66. The van der Waals surface area contributed by atoms with Crippen LogP contribution in [0.4, 0.5) is 0 Å². The van der Waals surface area contributed by atoms with Crippen LogP contribution < -0.4 is 10.6 Å². The van der Waals surface area contributed by atoms with Crippen LogP contribution in [0.1, 0.15) is 19.3 Å². The molecule has 21 heavy (non-hydrogen) atoms. The minimum Gasteiger partial charge on any atom is -0.381 e. The topological polar surface area (TPSA) is 76.7 Å². The van der Waals surface area contributed by atoms with Gasteiger partial charge in [-0.15, -0.1) is 0 Å². The first kappa shape index (κ1) is 19.3. The Bertz CT molecular complexity index is 289. The van der Waals surface area contributed by atoms with Crippen molar-refractivity contribution in [1.82, 2.24) is 10.6 Å². The highest BCUT2D eigenvalue weighted by Gasteiger charge is 1.95. The van der Waals surface area contributed by atoms with E-state index in [0.29, 0.717) is 39.5 Å². The smallest absolute Gasteiger partial charge is 0.243 e. The summed E-state index contributed by atoms with van der Waals surface area (Å²) >= 11 is 0. The summed E-state index contributed by atoms with van der Waals surface area (Å²) in [6.07, 6.45) is 4.90. The van der Waals surface area contributed by atoms with Gasteiger partial charge in [0.25, 0.3) is 0 Å². The number of amides is 2. The Morgan fingerprint density at radius 2 is 1.14 bits per heavy atom. The highest BCUT2D eigenvalue weighted by molar-refractivity contribution is 5.87. The van der Waals surface area contributed by atoms with Crippen molar-refractivity contribution in [2.24, 2.45) is 0 Å². The quantitative estimate of drug-likeness (QED) is 0.367. The molecule has 0 radical (unpaired) electrons. The summed E-state index contributed by atoms with van der Waals surface area (Å²) in [6, 6.07) is 0. The lowest BCUT2D eigenvalue weighted by Crippen LogP contribution is -2.23. The summed E-state index contributed by atoms with van der Waals surface area (Å²) in [5, 5.41) is 5.35. The van der Waals surface area contributed by atoms with Gasteiger partial charge in [-0.25, -0.2) is 0 Å². The first-order chi connectivity index (χ1) is 10.2. The van der Waals surface area contributed by atoms with E-state index >= 15 is 0 Å². The van der Waals surface area contributed by atoms with Crippen molar-refractivity contribution in [3.8, 4) is 0 Å². The Balaban J connectivity index is 3.09. The fraction of sp³-hybridized carbons (Fsp3) is 0.600. The van der Waals surface area contributed by atoms with E-state index in [-0.39, 0.29) is 11.8 Å². The van der Waals surface area contributed by atoms with Crippen LogP contribution in [0.5, 0.6) is 0 Å². The molecule has 2 N–H and O–H groups in total. The zero-order valence-electron chi connectivity index (χ0n) is 12.6. The predicted octanol–water partition coefficient (Wildman–Crippen LogP) is 0.794. The molecule has 0 rings (SSSR count). The molecule has 0 aliphatic rings. The van der Waals surface area contributed by atoms with Gasteiger partial charge in [0.1, 0.15) is 0 Å². The van der Waals surface area contributed by atoms with Crippen molar-refractivity contribution in [2.45, 2.75) is 19.3 Å². The van der Waals surface area contributed by atoms with E-state index < -0.39 is 0 Å². The van der Waals surface area contributed by atoms with E-state index in [4.69, 9.17) is 9.47 Å². The van der Waals surface area contributed by atoms with Crippen molar-refractivity contribution >= 4 is 11.8 Å². The molecular weight excluding hydrogens is 272 g/mol. The number of carbonyl (C=O) groups is 2. The summed E-state index contributed by atoms with van der Waals surface area (Å²) < 4.78 is 10.8. The standard InChI is InChI=1S/C15H26N2O4/c1-3-14(18)16-8-5-10-20-12-7-13-21-11-6-9-17-15(19)4-2/h3-4H,1-2,5-13H2,(H,16,18)(H,17,19). The molecular formula is C15H26N2O4. The van der Waals surface area contributed by atoms with E-state index in [0.717, 1.165) is 19.3 Å².